The molecule has 0 radical (unpaired) electrons. The Labute approximate surface area is 93.6 Å². The van der Waals surface area contributed by atoms with Crippen molar-refractivity contribution in [2.75, 3.05) is 13.6 Å². The lowest BCUT2D eigenvalue weighted by atomic mass is 9.90. The summed E-state index contributed by atoms with van der Waals surface area (Å²) in [5, 5.41) is 9.98. The first-order valence-electron chi connectivity index (χ1n) is 6.30. The number of nitrogens with two attached hydrogens (primary N) is 1. The fourth-order valence-electron chi connectivity index (χ4n) is 2.73. The van der Waals surface area contributed by atoms with Crippen molar-refractivity contribution in [1.29, 1.82) is 0 Å². The zero-order valence-corrected chi connectivity index (χ0v) is 10.2. The van der Waals surface area contributed by atoms with Gasteiger partial charge >= 0.3 is 0 Å². The Balaban J connectivity index is 2.51. The molecule has 1 saturated carbocycles. The Morgan fingerprint density at radius 1 is 1.40 bits per heavy atom. The number of aliphatic hydroxyl groups excluding tert-OH is 1. The number of hydrogen-bond acceptors (Lipinski definition) is 3. The van der Waals surface area contributed by atoms with Crippen molar-refractivity contribution in [3.63, 3.8) is 0 Å². The highest BCUT2D eigenvalue weighted by Crippen LogP contribution is 2.25. The van der Waals surface area contributed by atoms with Crippen LogP contribution < -0.4 is 5.73 Å². The van der Waals surface area contributed by atoms with Gasteiger partial charge in [-0.3, -0.25) is 4.90 Å². The van der Waals surface area contributed by atoms with Gasteiger partial charge in [0.25, 0.3) is 0 Å². The van der Waals surface area contributed by atoms with E-state index >= 15 is 0 Å². The molecule has 3 nitrogen and oxygen atoms in total. The Bertz CT molecular complexity index is 175. The molecule has 0 bridgehead atoms. The molecule has 15 heavy (non-hydrogen) atoms. The largest absolute Gasteiger partial charge is 0.391 e. The molecule has 1 rings (SSSR count). The molecule has 3 N–H and O–H groups in total. The van der Waals surface area contributed by atoms with Crippen LogP contribution in [0.3, 0.4) is 0 Å². The number of hydrogen-bond donors (Lipinski definition) is 2. The molecule has 1 fully saturated rings. The molecule has 1 aliphatic rings. The summed E-state index contributed by atoms with van der Waals surface area (Å²) in [5.74, 6) is 0. The summed E-state index contributed by atoms with van der Waals surface area (Å²) >= 11 is 0. The van der Waals surface area contributed by atoms with Crippen molar-refractivity contribution < 1.29 is 5.11 Å². The minimum atomic E-state index is -0.129. The predicted octanol–water partition coefficient (Wildman–Crippen LogP) is 1.35. The van der Waals surface area contributed by atoms with Crippen molar-refractivity contribution in [3.05, 3.63) is 0 Å². The van der Waals surface area contributed by atoms with Gasteiger partial charge in [0.2, 0.25) is 0 Å². The molecule has 0 aromatic heterocycles. The van der Waals surface area contributed by atoms with Crippen LogP contribution in [-0.2, 0) is 0 Å². The van der Waals surface area contributed by atoms with E-state index < -0.39 is 0 Å². The van der Waals surface area contributed by atoms with E-state index in [0.29, 0.717) is 12.1 Å². The highest BCUT2D eigenvalue weighted by Gasteiger charge is 2.29. The lowest BCUT2D eigenvalue weighted by Crippen LogP contribution is -2.48. The summed E-state index contributed by atoms with van der Waals surface area (Å²) in [5.41, 5.74) is 5.62. The first-order chi connectivity index (χ1) is 7.20. The van der Waals surface area contributed by atoms with Crippen LogP contribution in [0.25, 0.3) is 0 Å². The Morgan fingerprint density at radius 2 is 2.07 bits per heavy atom. The number of likely N-dealkylation sites (N-methyl/N-ethyl adjacent to an activating group) is 1. The van der Waals surface area contributed by atoms with Gasteiger partial charge in [-0.15, -0.1) is 0 Å². The van der Waals surface area contributed by atoms with Gasteiger partial charge in [-0.1, -0.05) is 19.8 Å². The Hall–Kier alpha value is -0.120. The van der Waals surface area contributed by atoms with Crippen LogP contribution in [-0.4, -0.2) is 41.8 Å². The van der Waals surface area contributed by atoms with E-state index in [1.54, 1.807) is 0 Å². The van der Waals surface area contributed by atoms with Crippen molar-refractivity contribution in [3.8, 4) is 0 Å². The molecule has 0 aromatic rings. The maximum absolute atomic E-state index is 9.98. The zero-order chi connectivity index (χ0) is 11.3. The van der Waals surface area contributed by atoms with Gasteiger partial charge in [-0.25, -0.2) is 0 Å². The fourth-order valence-corrected chi connectivity index (χ4v) is 2.73. The average molecular weight is 214 g/mol. The summed E-state index contributed by atoms with van der Waals surface area (Å²) in [7, 11) is 2.14. The van der Waals surface area contributed by atoms with Crippen LogP contribution in [0, 0.1) is 0 Å². The molecular weight excluding hydrogens is 188 g/mol. The summed E-state index contributed by atoms with van der Waals surface area (Å²) in [6.45, 7) is 2.94. The van der Waals surface area contributed by atoms with Crippen LogP contribution in [0.5, 0.6) is 0 Å². The predicted molar refractivity (Wildman–Crippen MR) is 63.8 cm³/mol. The highest BCUT2D eigenvalue weighted by atomic mass is 16.3. The molecule has 0 spiro atoms. The van der Waals surface area contributed by atoms with Gasteiger partial charge in [0.05, 0.1) is 6.10 Å². The van der Waals surface area contributed by atoms with E-state index in [0.717, 1.165) is 32.2 Å². The van der Waals surface area contributed by atoms with Crippen molar-refractivity contribution in [1.82, 2.24) is 4.90 Å². The second kappa shape index (κ2) is 6.46. The molecule has 0 aliphatic heterocycles. The number of nitrogens with zero attached hydrogens (tertiary/aromatic N) is 1. The van der Waals surface area contributed by atoms with E-state index in [9.17, 15) is 5.11 Å². The fraction of sp³-hybridized carbons (Fsp3) is 1.00. The molecule has 3 atom stereocenters. The summed E-state index contributed by atoms with van der Waals surface area (Å²) in [4.78, 5) is 2.36. The van der Waals surface area contributed by atoms with E-state index in [1.807, 2.05) is 0 Å². The van der Waals surface area contributed by atoms with Crippen LogP contribution in [0.15, 0.2) is 0 Å². The highest BCUT2D eigenvalue weighted by molar-refractivity contribution is 4.84. The first kappa shape index (κ1) is 12.9. The smallest absolute Gasteiger partial charge is 0.0695 e. The molecule has 0 aromatic carbocycles. The topological polar surface area (TPSA) is 49.5 Å². The van der Waals surface area contributed by atoms with Gasteiger partial charge < -0.3 is 10.8 Å². The summed E-state index contributed by atoms with van der Waals surface area (Å²) in [6, 6.07) is 0.892. The molecule has 0 heterocycles. The van der Waals surface area contributed by atoms with Gasteiger partial charge in [0, 0.05) is 12.1 Å². The number of rotatable bonds is 5. The van der Waals surface area contributed by atoms with Gasteiger partial charge in [-0.2, -0.15) is 0 Å². The monoisotopic (exact) mass is 214 g/mol. The van der Waals surface area contributed by atoms with Crippen molar-refractivity contribution in [2.24, 2.45) is 5.73 Å². The quantitative estimate of drug-likeness (QED) is 0.726. The van der Waals surface area contributed by atoms with Crippen LogP contribution in [0.2, 0.25) is 0 Å². The Morgan fingerprint density at radius 3 is 2.60 bits per heavy atom. The average Bonchev–Trinajstić information content (AvgIpc) is 2.25. The SMILES string of the molecule is CCC(CCN)N(C)C1CCCCC1O. The summed E-state index contributed by atoms with van der Waals surface area (Å²) < 4.78 is 0. The zero-order valence-electron chi connectivity index (χ0n) is 10.2. The van der Waals surface area contributed by atoms with Crippen LogP contribution in [0.4, 0.5) is 0 Å². The second-order valence-electron chi connectivity index (χ2n) is 4.72. The van der Waals surface area contributed by atoms with E-state index in [1.165, 1.54) is 12.8 Å². The molecule has 0 saturated heterocycles. The third kappa shape index (κ3) is 3.44. The molecule has 3 heteroatoms. The first-order valence-corrected chi connectivity index (χ1v) is 6.30. The molecule has 90 valence electrons. The van der Waals surface area contributed by atoms with Crippen molar-refractivity contribution >= 4 is 0 Å². The maximum Gasteiger partial charge on any atom is 0.0695 e. The second-order valence-corrected chi connectivity index (χ2v) is 4.72. The Kier molecular flexibility index (Phi) is 5.58. The van der Waals surface area contributed by atoms with Crippen LogP contribution >= 0.6 is 0 Å². The third-order valence-electron chi connectivity index (χ3n) is 3.76. The van der Waals surface area contributed by atoms with Crippen molar-refractivity contribution in [2.45, 2.75) is 63.6 Å². The van der Waals surface area contributed by atoms with Gasteiger partial charge in [-0.05, 0) is 39.3 Å². The normalized spacial score (nSPS) is 29.4. The van der Waals surface area contributed by atoms with Crippen LogP contribution in [0.1, 0.15) is 45.4 Å². The minimum Gasteiger partial charge on any atom is -0.391 e. The van der Waals surface area contributed by atoms with Gasteiger partial charge in [0.15, 0.2) is 0 Å². The molecular formula is C12H26N2O. The van der Waals surface area contributed by atoms with Gasteiger partial charge in [0.1, 0.15) is 0 Å². The maximum atomic E-state index is 9.98. The molecule has 3 unspecified atom stereocenters. The van der Waals surface area contributed by atoms with E-state index in [2.05, 4.69) is 18.9 Å². The summed E-state index contributed by atoms with van der Waals surface area (Å²) in [6.07, 6.45) is 6.57. The lowest BCUT2D eigenvalue weighted by molar-refractivity contribution is 0.0106. The van der Waals surface area contributed by atoms with E-state index in [-0.39, 0.29) is 6.10 Å². The lowest BCUT2D eigenvalue weighted by Gasteiger charge is -2.39. The standard InChI is InChI=1S/C12H26N2O/c1-3-10(8-9-13)14(2)11-6-4-5-7-12(11)15/h10-12,15H,3-9,13H2,1-2H3. The minimum absolute atomic E-state index is 0.129. The molecule has 0 amide bonds. The number of aliphatic hydroxyl groups is 1. The molecule has 1 aliphatic carbocycles. The van der Waals surface area contributed by atoms with E-state index in [4.69, 9.17) is 5.73 Å². The third-order valence-corrected chi connectivity index (χ3v) is 3.76.